The predicted molar refractivity (Wildman–Crippen MR) is 106 cm³/mol. The predicted octanol–water partition coefficient (Wildman–Crippen LogP) is 3.52. The number of hydrogen-bond acceptors (Lipinski definition) is 6. The second-order valence-corrected chi connectivity index (χ2v) is 6.89. The van der Waals surface area contributed by atoms with E-state index in [2.05, 4.69) is 6.07 Å². The lowest BCUT2D eigenvalue weighted by molar-refractivity contribution is -0.148. The first-order valence-corrected chi connectivity index (χ1v) is 9.78. The molecule has 0 aromatic carbocycles. The number of aryl methyl sites for hydroxylation is 1. The van der Waals surface area contributed by atoms with Gasteiger partial charge in [0.05, 0.1) is 18.4 Å². The van der Waals surface area contributed by atoms with E-state index in [0.717, 1.165) is 30.5 Å². The molecule has 1 aliphatic carbocycles. The normalized spacial score (nSPS) is 20.4. The Morgan fingerprint density at radius 1 is 1.38 bits per heavy atom. The molecule has 2 unspecified atom stereocenters. The zero-order valence-corrected chi connectivity index (χ0v) is 16.8. The number of methoxy groups -OCH3 is 1. The minimum Gasteiger partial charge on any atom is -0.498 e. The van der Waals surface area contributed by atoms with Gasteiger partial charge in [-0.1, -0.05) is 6.08 Å². The third-order valence-corrected chi connectivity index (χ3v) is 4.94. The van der Waals surface area contributed by atoms with Crippen LogP contribution in [0.1, 0.15) is 37.3 Å². The minimum absolute atomic E-state index is 0.0464. The van der Waals surface area contributed by atoms with E-state index in [9.17, 15) is 10.1 Å². The lowest BCUT2D eigenvalue weighted by Crippen LogP contribution is -2.23. The van der Waals surface area contributed by atoms with Gasteiger partial charge < -0.3 is 23.5 Å². The Hall–Kier alpha value is -2.98. The van der Waals surface area contributed by atoms with Gasteiger partial charge in [-0.05, 0) is 37.8 Å². The molecule has 1 aromatic heterocycles. The van der Waals surface area contributed by atoms with Crippen LogP contribution in [0.2, 0.25) is 0 Å². The van der Waals surface area contributed by atoms with Crippen molar-refractivity contribution in [3.63, 3.8) is 0 Å². The van der Waals surface area contributed by atoms with Gasteiger partial charge in [0.15, 0.2) is 6.79 Å². The average molecular weight is 398 g/mol. The summed E-state index contributed by atoms with van der Waals surface area (Å²) in [5, 5.41) is 9.52. The molecule has 2 aliphatic rings. The van der Waals surface area contributed by atoms with E-state index >= 15 is 0 Å². The molecule has 2 atom stereocenters. The number of ether oxygens (including phenoxy) is 4. The summed E-state index contributed by atoms with van der Waals surface area (Å²) in [6, 6.07) is 2.27. The molecule has 0 saturated carbocycles. The maximum absolute atomic E-state index is 12.3. The molecule has 1 aliphatic heterocycles. The summed E-state index contributed by atoms with van der Waals surface area (Å²) in [5.41, 5.74) is 2.46. The van der Waals surface area contributed by atoms with Crippen molar-refractivity contribution >= 4 is 11.7 Å². The Kier molecular flexibility index (Phi) is 7.14. The van der Waals surface area contributed by atoms with Crippen LogP contribution < -0.4 is 0 Å². The fourth-order valence-electron chi connectivity index (χ4n) is 3.44. The Labute approximate surface area is 170 Å². The number of rotatable bonds is 9. The summed E-state index contributed by atoms with van der Waals surface area (Å²) in [6.07, 6.45) is 14.4. The third-order valence-electron chi connectivity index (χ3n) is 4.94. The first-order valence-electron chi connectivity index (χ1n) is 9.78. The summed E-state index contributed by atoms with van der Waals surface area (Å²) in [6.45, 7) is 2.14. The van der Waals surface area contributed by atoms with Crippen LogP contribution in [-0.2, 0) is 30.2 Å². The van der Waals surface area contributed by atoms with Gasteiger partial charge in [0.25, 0.3) is 0 Å². The number of hydrogen-bond donors (Lipinski definition) is 0. The highest BCUT2D eigenvalue weighted by Gasteiger charge is 2.28. The van der Waals surface area contributed by atoms with Gasteiger partial charge >= 0.3 is 5.97 Å². The number of carbonyl (C=O) groups excluding carboxylic acids is 1. The molecule has 29 heavy (non-hydrogen) atoms. The van der Waals surface area contributed by atoms with Crippen molar-refractivity contribution in [2.75, 3.05) is 20.5 Å². The second-order valence-electron chi connectivity index (χ2n) is 6.89. The molecular weight excluding hydrogens is 372 g/mol. The van der Waals surface area contributed by atoms with Gasteiger partial charge in [-0.2, -0.15) is 5.26 Å². The molecule has 154 valence electrons. The van der Waals surface area contributed by atoms with E-state index in [-0.39, 0.29) is 18.9 Å². The highest BCUT2D eigenvalue weighted by atomic mass is 16.7. The molecule has 0 fully saturated rings. The summed E-state index contributed by atoms with van der Waals surface area (Å²) in [7, 11) is 1.53. The number of nitrogens with zero attached hydrogens (tertiary/aromatic N) is 2. The SMILES string of the molecule is CCOC(=O)C1CC=C(n2cc(C#N)c(CCC3CC=CO3)c2)C=C1OCOC. The largest absolute Gasteiger partial charge is 0.498 e. The van der Waals surface area contributed by atoms with Crippen molar-refractivity contribution in [2.45, 2.75) is 38.7 Å². The van der Waals surface area contributed by atoms with E-state index in [1.54, 1.807) is 19.3 Å². The van der Waals surface area contributed by atoms with Crippen LogP contribution in [0.25, 0.3) is 5.70 Å². The van der Waals surface area contributed by atoms with Crippen molar-refractivity contribution in [3.8, 4) is 6.07 Å². The van der Waals surface area contributed by atoms with Crippen molar-refractivity contribution < 1.29 is 23.7 Å². The number of carbonyl (C=O) groups is 1. The monoisotopic (exact) mass is 398 g/mol. The van der Waals surface area contributed by atoms with Crippen LogP contribution in [0.3, 0.4) is 0 Å². The molecular formula is C22H26N2O5. The molecule has 0 spiro atoms. The lowest BCUT2D eigenvalue weighted by Gasteiger charge is -2.22. The van der Waals surface area contributed by atoms with E-state index in [1.165, 1.54) is 7.11 Å². The molecule has 2 heterocycles. The minimum atomic E-state index is -0.494. The summed E-state index contributed by atoms with van der Waals surface area (Å²) < 4.78 is 23.2. The second kappa shape index (κ2) is 9.99. The highest BCUT2D eigenvalue weighted by Crippen LogP contribution is 2.30. The van der Waals surface area contributed by atoms with Gasteiger partial charge in [-0.15, -0.1) is 0 Å². The van der Waals surface area contributed by atoms with Gasteiger partial charge in [0, 0.05) is 37.7 Å². The average Bonchev–Trinajstić information content (AvgIpc) is 3.40. The molecule has 1 aromatic rings. The Morgan fingerprint density at radius 2 is 2.24 bits per heavy atom. The van der Waals surface area contributed by atoms with Gasteiger partial charge in [0.1, 0.15) is 23.9 Å². The highest BCUT2D eigenvalue weighted by molar-refractivity contribution is 5.78. The fraction of sp³-hybridized carbons (Fsp3) is 0.455. The van der Waals surface area contributed by atoms with E-state index < -0.39 is 5.92 Å². The zero-order chi connectivity index (χ0) is 20.6. The summed E-state index contributed by atoms with van der Waals surface area (Å²) >= 11 is 0. The smallest absolute Gasteiger partial charge is 0.316 e. The van der Waals surface area contributed by atoms with Crippen LogP contribution in [0, 0.1) is 17.2 Å². The van der Waals surface area contributed by atoms with E-state index in [0.29, 0.717) is 24.4 Å². The van der Waals surface area contributed by atoms with E-state index in [1.807, 2.05) is 29.1 Å². The molecule has 0 amide bonds. The van der Waals surface area contributed by atoms with E-state index in [4.69, 9.17) is 18.9 Å². The number of esters is 1. The standard InChI is InChI=1S/C22H26N2O5/c1-3-27-22(25)20-9-7-18(11-21(20)29-15-26-2)24-13-16(17(12-23)14-24)6-8-19-5-4-10-28-19/h4,7,10-11,13-14,19-20H,3,5-6,8-9,15H2,1-2H3. The first kappa shape index (κ1) is 20.7. The lowest BCUT2D eigenvalue weighted by atomic mass is 9.97. The van der Waals surface area contributed by atoms with Crippen molar-refractivity contribution in [1.29, 1.82) is 5.26 Å². The number of aromatic nitrogens is 1. The van der Waals surface area contributed by atoms with Crippen LogP contribution in [-0.4, -0.2) is 37.1 Å². The third kappa shape index (κ3) is 5.09. The van der Waals surface area contributed by atoms with Crippen molar-refractivity contribution in [2.24, 2.45) is 5.92 Å². The number of nitriles is 1. The van der Waals surface area contributed by atoms with Crippen LogP contribution in [0.5, 0.6) is 0 Å². The fourth-order valence-corrected chi connectivity index (χ4v) is 3.44. The Balaban J connectivity index is 1.77. The molecule has 3 rings (SSSR count). The summed E-state index contributed by atoms with van der Waals surface area (Å²) in [4.78, 5) is 12.3. The van der Waals surface area contributed by atoms with Crippen LogP contribution >= 0.6 is 0 Å². The molecule has 7 heteroatoms. The molecule has 0 saturated heterocycles. The van der Waals surface area contributed by atoms with Gasteiger partial charge in [-0.3, -0.25) is 4.79 Å². The summed E-state index contributed by atoms with van der Waals surface area (Å²) in [5.74, 6) is -0.311. The quantitative estimate of drug-likeness (QED) is 0.468. The Morgan fingerprint density at radius 3 is 2.93 bits per heavy atom. The molecule has 0 bridgehead atoms. The van der Waals surface area contributed by atoms with Crippen molar-refractivity contribution in [1.82, 2.24) is 4.57 Å². The maximum Gasteiger partial charge on any atom is 0.316 e. The molecule has 0 N–H and O–H groups in total. The van der Waals surface area contributed by atoms with Crippen LogP contribution in [0.4, 0.5) is 0 Å². The number of allylic oxidation sites excluding steroid dienone is 3. The maximum atomic E-state index is 12.3. The molecule has 7 nitrogen and oxygen atoms in total. The topological polar surface area (TPSA) is 82.7 Å². The first-order chi connectivity index (χ1) is 14.2. The molecule has 0 radical (unpaired) electrons. The zero-order valence-electron chi connectivity index (χ0n) is 16.8. The van der Waals surface area contributed by atoms with Gasteiger partial charge in [0.2, 0.25) is 0 Å². The van der Waals surface area contributed by atoms with Crippen LogP contribution in [0.15, 0.2) is 42.6 Å². The Bertz CT molecular complexity index is 851. The van der Waals surface area contributed by atoms with Gasteiger partial charge in [-0.25, -0.2) is 0 Å². The van der Waals surface area contributed by atoms with Crippen molar-refractivity contribution in [3.05, 3.63) is 53.8 Å².